The molecule has 20 heavy (non-hydrogen) atoms. The van der Waals surface area contributed by atoms with E-state index in [1.807, 2.05) is 31.2 Å². The second-order valence-electron chi connectivity index (χ2n) is 5.22. The summed E-state index contributed by atoms with van der Waals surface area (Å²) in [6.07, 6.45) is 2.62. The van der Waals surface area contributed by atoms with Gasteiger partial charge < -0.3 is 5.11 Å². The normalized spacial score (nSPS) is 11.3. The number of nitrogens with zero attached hydrogens (tertiary/aromatic N) is 1. The van der Waals surface area contributed by atoms with E-state index in [-0.39, 0.29) is 12.4 Å². The molecular formula is C17H27NO2. The Labute approximate surface area is 122 Å². The molecule has 0 saturated heterocycles. The van der Waals surface area contributed by atoms with Gasteiger partial charge in [0.2, 0.25) is 0 Å². The molecule has 0 heterocycles. The molecule has 3 heteroatoms. The number of aliphatic hydroxyl groups is 1. The first-order chi connectivity index (χ1) is 9.63. The average molecular weight is 277 g/mol. The molecule has 0 spiro atoms. The molecule has 1 rings (SSSR count). The van der Waals surface area contributed by atoms with Crippen LogP contribution in [0.2, 0.25) is 0 Å². The Bertz CT molecular complexity index is 413. The van der Waals surface area contributed by atoms with E-state index in [1.165, 1.54) is 0 Å². The Morgan fingerprint density at radius 2 is 1.85 bits per heavy atom. The quantitative estimate of drug-likeness (QED) is 0.705. The summed E-state index contributed by atoms with van der Waals surface area (Å²) >= 11 is 0. The fourth-order valence-corrected chi connectivity index (χ4v) is 2.68. The molecule has 1 aromatic rings. The first kappa shape index (κ1) is 16.9. The van der Waals surface area contributed by atoms with Crippen LogP contribution in [0.15, 0.2) is 24.3 Å². The molecule has 0 aliphatic rings. The van der Waals surface area contributed by atoms with Crippen molar-refractivity contribution in [1.82, 2.24) is 4.90 Å². The van der Waals surface area contributed by atoms with Crippen molar-refractivity contribution < 1.29 is 9.90 Å². The van der Waals surface area contributed by atoms with Crippen molar-refractivity contribution in [3.63, 3.8) is 0 Å². The van der Waals surface area contributed by atoms with Gasteiger partial charge in [-0.2, -0.15) is 0 Å². The smallest absolute Gasteiger partial charge is 0.164 e. The second-order valence-corrected chi connectivity index (χ2v) is 5.22. The molecule has 0 aliphatic carbocycles. The lowest BCUT2D eigenvalue weighted by molar-refractivity contribution is 0.0926. The van der Waals surface area contributed by atoms with E-state index in [1.54, 1.807) is 0 Å². The zero-order chi connectivity index (χ0) is 15.0. The Kier molecular flexibility index (Phi) is 7.48. The van der Waals surface area contributed by atoms with Gasteiger partial charge in [-0.05, 0) is 25.3 Å². The van der Waals surface area contributed by atoms with Gasteiger partial charge in [-0.1, -0.05) is 38.1 Å². The van der Waals surface area contributed by atoms with Gasteiger partial charge >= 0.3 is 0 Å². The SMILES string of the molecule is CCC(CC)N(CCO)CCC(=O)c1ccccc1C. The lowest BCUT2D eigenvalue weighted by Crippen LogP contribution is -2.38. The number of aliphatic hydroxyl groups excluding tert-OH is 1. The second kappa shape index (κ2) is 8.88. The zero-order valence-electron chi connectivity index (χ0n) is 12.9. The zero-order valence-corrected chi connectivity index (χ0v) is 12.9. The lowest BCUT2D eigenvalue weighted by Gasteiger charge is -2.29. The Morgan fingerprint density at radius 1 is 1.20 bits per heavy atom. The van der Waals surface area contributed by atoms with Crippen LogP contribution < -0.4 is 0 Å². The van der Waals surface area contributed by atoms with Gasteiger partial charge in [-0.3, -0.25) is 9.69 Å². The first-order valence-corrected chi connectivity index (χ1v) is 7.57. The number of rotatable bonds is 9. The third-order valence-electron chi connectivity index (χ3n) is 3.92. The summed E-state index contributed by atoms with van der Waals surface area (Å²) in [6, 6.07) is 8.18. The maximum Gasteiger partial charge on any atom is 0.164 e. The predicted octanol–water partition coefficient (Wildman–Crippen LogP) is 3.05. The topological polar surface area (TPSA) is 40.5 Å². The van der Waals surface area contributed by atoms with Crippen molar-refractivity contribution in [2.24, 2.45) is 0 Å². The van der Waals surface area contributed by atoms with E-state index in [2.05, 4.69) is 18.7 Å². The van der Waals surface area contributed by atoms with E-state index in [0.29, 0.717) is 19.0 Å². The minimum Gasteiger partial charge on any atom is -0.395 e. The number of carbonyl (C=O) groups excluding carboxylic acids is 1. The number of benzene rings is 1. The number of aryl methyl sites for hydroxylation is 1. The third kappa shape index (κ3) is 4.73. The van der Waals surface area contributed by atoms with Crippen molar-refractivity contribution in [1.29, 1.82) is 0 Å². The summed E-state index contributed by atoms with van der Waals surface area (Å²) in [5.41, 5.74) is 1.86. The van der Waals surface area contributed by atoms with Crippen molar-refractivity contribution >= 4 is 5.78 Å². The Morgan fingerprint density at radius 3 is 2.40 bits per heavy atom. The van der Waals surface area contributed by atoms with Gasteiger partial charge in [0.25, 0.3) is 0 Å². The number of Topliss-reactive ketones (excluding diaryl/α,β-unsaturated/α-hetero) is 1. The fourth-order valence-electron chi connectivity index (χ4n) is 2.68. The molecule has 112 valence electrons. The largest absolute Gasteiger partial charge is 0.395 e. The van der Waals surface area contributed by atoms with Crippen molar-refractivity contribution in [3.05, 3.63) is 35.4 Å². The summed E-state index contributed by atoms with van der Waals surface area (Å²) in [5, 5.41) is 9.18. The third-order valence-corrected chi connectivity index (χ3v) is 3.92. The molecule has 0 bridgehead atoms. The Hall–Kier alpha value is -1.19. The predicted molar refractivity (Wildman–Crippen MR) is 83.2 cm³/mol. The van der Waals surface area contributed by atoms with E-state index >= 15 is 0 Å². The highest BCUT2D eigenvalue weighted by atomic mass is 16.3. The van der Waals surface area contributed by atoms with Crippen LogP contribution in [0.5, 0.6) is 0 Å². The summed E-state index contributed by atoms with van der Waals surface area (Å²) in [7, 11) is 0. The molecule has 1 N–H and O–H groups in total. The standard InChI is InChI=1S/C17H27NO2/c1-4-15(5-2)18(12-13-19)11-10-17(20)16-9-7-6-8-14(16)3/h6-9,15,19H,4-5,10-13H2,1-3H3. The lowest BCUT2D eigenvalue weighted by atomic mass is 10.0. The average Bonchev–Trinajstić information content (AvgIpc) is 2.46. The molecular weight excluding hydrogens is 250 g/mol. The summed E-state index contributed by atoms with van der Waals surface area (Å²) in [4.78, 5) is 14.5. The summed E-state index contributed by atoms with van der Waals surface area (Å²) in [5.74, 6) is 0.192. The number of ketones is 1. The van der Waals surface area contributed by atoms with Gasteiger partial charge in [0.1, 0.15) is 0 Å². The van der Waals surface area contributed by atoms with Crippen LogP contribution in [0.25, 0.3) is 0 Å². The van der Waals surface area contributed by atoms with Crippen LogP contribution in [-0.2, 0) is 0 Å². The van der Waals surface area contributed by atoms with E-state index < -0.39 is 0 Å². The maximum absolute atomic E-state index is 12.3. The minimum atomic E-state index is 0.148. The molecule has 1 aromatic carbocycles. The van der Waals surface area contributed by atoms with Gasteiger partial charge in [0, 0.05) is 31.1 Å². The van der Waals surface area contributed by atoms with Gasteiger partial charge in [0.15, 0.2) is 5.78 Å². The van der Waals surface area contributed by atoms with Crippen LogP contribution in [0.1, 0.15) is 49.0 Å². The maximum atomic E-state index is 12.3. The first-order valence-electron chi connectivity index (χ1n) is 7.57. The minimum absolute atomic E-state index is 0.148. The van der Waals surface area contributed by atoms with Crippen LogP contribution in [0.3, 0.4) is 0 Å². The molecule has 0 amide bonds. The number of hydrogen-bond donors (Lipinski definition) is 1. The highest BCUT2D eigenvalue weighted by Gasteiger charge is 2.16. The van der Waals surface area contributed by atoms with Crippen LogP contribution in [0.4, 0.5) is 0 Å². The summed E-state index contributed by atoms with van der Waals surface area (Å²) < 4.78 is 0. The molecule has 3 nitrogen and oxygen atoms in total. The van der Waals surface area contributed by atoms with Gasteiger partial charge in [-0.15, -0.1) is 0 Å². The summed E-state index contributed by atoms with van der Waals surface area (Å²) in [6.45, 7) is 7.80. The highest BCUT2D eigenvalue weighted by molar-refractivity contribution is 5.97. The number of carbonyl (C=O) groups is 1. The van der Waals surface area contributed by atoms with Crippen molar-refractivity contribution in [2.45, 2.75) is 46.1 Å². The van der Waals surface area contributed by atoms with Gasteiger partial charge in [0.05, 0.1) is 6.61 Å². The van der Waals surface area contributed by atoms with E-state index in [4.69, 9.17) is 0 Å². The van der Waals surface area contributed by atoms with E-state index in [9.17, 15) is 9.90 Å². The molecule has 0 aromatic heterocycles. The molecule has 0 unspecified atom stereocenters. The molecule has 0 saturated carbocycles. The Balaban J connectivity index is 2.63. The molecule has 0 atom stereocenters. The van der Waals surface area contributed by atoms with E-state index in [0.717, 1.165) is 30.5 Å². The van der Waals surface area contributed by atoms with Crippen molar-refractivity contribution in [3.8, 4) is 0 Å². The molecule has 0 fully saturated rings. The van der Waals surface area contributed by atoms with Crippen LogP contribution >= 0.6 is 0 Å². The van der Waals surface area contributed by atoms with Gasteiger partial charge in [-0.25, -0.2) is 0 Å². The fraction of sp³-hybridized carbons (Fsp3) is 0.588. The molecule has 0 aliphatic heterocycles. The van der Waals surface area contributed by atoms with Crippen molar-refractivity contribution in [2.75, 3.05) is 19.7 Å². The van der Waals surface area contributed by atoms with Crippen LogP contribution in [-0.4, -0.2) is 41.5 Å². The van der Waals surface area contributed by atoms with Crippen LogP contribution in [0, 0.1) is 6.92 Å². The molecule has 0 radical (unpaired) electrons. The number of hydrogen-bond acceptors (Lipinski definition) is 3. The monoisotopic (exact) mass is 277 g/mol. The highest BCUT2D eigenvalue weighted by Crippen LogP contribution is 2.13.